The second-order valence-corrected chi connectivity index (χ2v) is 5.67. The van der Waals surface area contributed by atoms with Crippen molar-refractivity contribution in [2.24, 2.45) is 0 Å². The number of halogens is 1. The minimum absolute atomic E-state index is 0.197. The first-order valence-electron chi connectivity index (χ1n) is 8.41. The summed E-state index contributed by atoms with van der Waals surface area (Å²) in [7, 11) is 0. The van der Waals surface area contributed by atoms with E-state index in [1.54, 1.807) is 19.1 Å². The number of carbonyl (C=O) groups excluding carboxylic acids is 1. The Morgan fingerprint density at radius 2 is 1.77 bits per heavy atom. The Labute approximate surface area is 158 Å². The van der Waals surface area contributed by atoms with E-state index in [4.69, 9.17) is 25.8 Å². The normalized spacial score (nSPS) is 10.3. The van der Waals surface area contributed by atoms with E-state index in [1.165, 1.54) is 0 Å². The smallest absolute Gasteiger partial charge is 0.344 e. The number of hydrogen-bond acceptors (Lipinski definition) is 6. The van der Waals surface area contributed by atoms with E-state index in [1.807, 2.05) is 37.3 Å². The number of para-hydroxylation sites is 1. The quantitative estimate of drug-likeness (QED) is 0.484. The van der Waals surface area contributed by atoms with Crippen molar-refractivity contribution in [3.05, 3.63) is 53.1 Å². The van der Waals surface area contributed by atoms with Crippen LogP contribution < -0.4 is 20.3 Å². The summed E-state index contributed by atoms with van der Waals surface area (Å²) in [4.78, 5) is 11.5. The molecule has 0 fully saturated rings. The van der Waals surface area contributed by atoms with Crippen molar-refractivity contribution >= 4 is 23.3 Å². The summed E-state index contributed by atoms with van der Waals surface area (Å²) in [5, 5.41) is 0.509. The first-order chi connectivity index (χ1) is 12.6. The third kappa shape index (κ3) is 6.13. The number of hydrogen-bond donors (Lipinski definition) is 2. The lowest BCUT2D eigenvalue weighted by Crippen LogP contribution is -2.21. The van der Waals surface area contributed by atoms with E-state index in [0.717, 1.165) is 11.3 Å². The van der Waals surface area contributed by atoms with Crippen molar-refractivity contribution in [3.8, 4) is 11.5 Å². The molecule has 0 bridgehead atoms. The van der Waals surface area contributed by atoms with E-state index in [0.29, 0.717) is 36.3 Å². The summed E-state index contributed by atoms with van der Waals surface area (Å²) in [6.45, 7) is 4.67. The van der Waals surface area contributed by atoms with Crippen LogP contribution in [0.25, 0.3) is 0 Å². The van der Waals surface area contributed by atoms with Crippen molar-refractivity contribution in [1.82, 2.24) is 5.43 Å². The second kappa shape index (κ2) is 10.5. The largest absolute Gasteiger partial charge is 0.490 e. The molecule has 2 aromatic carbocycles. The summed E-state index contributed by atoms with van der Waals surface area (Å²) < 4.78 is 16.0. The Bertz CT molecular complexity index is 710. The molecule has 0 aliphatic rings. The van der Waals surface area contributed by atoms with Gasteiger partial charge in [-0.3, -0.25) is 0 Å². The molecule has 2 N–H and O–H groups in total. The summed E-state index contributed by atoms with van der Waals surface area (Å²) in [5.74, 6) is 0.492. The molecule has 7 heteroatoms. The number of carbonyl (C=O) groups is 1. The number of hydrazine groups is 1. The second-order valence-electron chi connectivity index (χ2n) is 5.26. The van der Waals surface area contributed by atoms with Crippen LogP contribution in [-0.2, 0) is 16.1 Å². The van der Waals surface area contributed by atoms with Crippen LogP contribution in [0.1, 0.15) is 19.4 Å². The molecule has 26 heavy (non-hydrogen) atoms. The summed E-state index contributed by atoms with van der Waals surface area (Å²) in [6, 6.07) is 13.2. The molecule has 0 saturated heterocycles. The number of benzene rings is 2. The zero-order chi connectivity index (χ0) is 18.8. The van der Waals surface area contributed by atoms with Gasteiger partial charge < -0.3 is 19.6 Å². The standard InChI is InChI=1S/C19H23ClN2O4/c1-3-24-17-10-14(12-21-22-15-8-6-5-7-9-15)16(20)11-18(17)26-13-19(23)25-4-2/h5-11,21-22H,3-4,12-13H2,1-2H3. The first kappa shape index (κ1) is 19.9. The Hall–Kier alpha value is -2.44. The highest BCUT2D eigenvalue weighted by Crippen LogP contribution is 2.33. The first-order valence-corrected chi connectivity index (χ1v) is 8.79. The maximum atomic E-state index is 11.5. The predicted molar refractivity (Wildman–Crippen MR) is 102 cm³/mol. The predicted octanol–water partition coefficient (Wildman–Crippen LogP) is 3.80. The highest BCUT2D eigenvalue weighted by atomic mass is 35.5. The summed E-state index contributed by atoms with van der Waals surface area (Å²) in [6.07, 6.45) is 0. The van der Waals surface area contributed by atoms with Crippen LogP contribution >= 0.6 is 11.6 Å². The summed E-state index contributed by atoms with van der Waals surface area (Å²) in [5.41, 5.74) is 7.99. The van der Waals surface area contributed by atoms with Crippen LogP contribution in [0, 0.1) is 0 Å². The minimum Gasteiger partial charge on any atom is -0.490 e. The Morgan fingerprint density at radius 1 is 1.04 bits per heavy atom. The molecule has 0 saturated carbocycles. The molecule has 0 aromatic heterocycles. The number of anilines is 1. The molecular weight excluding hydrogens is 356 g/mol. The van der Waals surface area contributed by atoms with Crippen molar-refractivity contribution in [2.75, 3.05) is 25.2 Å². The van der Waals surface area contributed by atoms with Gasteiger partial charge in [0, 0.05) is 23.3 Å². The van der Waals surface area contributed by atoms with Gasteiger partial charge in [-0.25, -0.2) is 10.2 Å². The van der Waals surface area contributed by atoms with E-state index in [9.17, 15) is 4.79 Å². The highest BCUT2D eigenvalue weighted by molar-refractivity contribution is 6.31. The van der Waals surface area contributed by atoms with E-state index < -0.39 is 5.97 Å². The van der Waals surface area contributed by atoms with Gasteiger partial charge in [-0.05, 0) is 37.6 Å². The van der Waals surface area contributed by atoms with Crippen LogP contribution in [0.3, 0.4) is 0 Å². The fourth-order valence-electron chi connectivity index (χ4n) is 2.20. The van der Waals surface area contributed by atoms with Gasteiger partial charge in [0.15, 0.2) is 18.1 Å². The molecule has 0 radical (unpaired) electrons. The molecule has 140 valence electrons. The zero-order valence-corrected chi connectivity index (χ0v) is 15.6. The van der Waals surface area contributed by atoms with E-state index >= 15 is 0 Å². The zero-order valence-electron chi connectivity index (χ0n) is 14.9. The Balaban J connectivity index is 2.02. The number of ether oxygens (including phenoxy) is 3. The van der Waals surface area contributed by atoms with Gasteiger partial charge in [0.2, 0.25) is 0 Å². The van der Waals surface area contributed by atoms with Crippen molar-refractivity contribution < 1.29 is 19.0 Å². The van der Waals surface area contributed by atoms with Crippen molar-refractivity contribution in [2.45, 2.75) is 20.4 Å². The Kier molecular flexibility index (Phi) is 8.05. The lowest BCUT2D eigenvalue weighted by atomic mass is 10.2. The van der Waals surface area contributed by atoms with Crippen LogP contribution in [0.5, 0.6) is 11.5 Å². The molecule has 0 atom stereocenters. The van der Waals surface area contributed by atoms with Gasteiger partial charge in [0.25, 0.3) is 0 Å². The number of rotatable bonds is 10. The lowest BCUT2D eigenvalue weighted by Gasteiger charge is -2.15. The monoisotopic (exact) mass is 378 g/mol. The molecule has 0 aliphatic carbocycles. The number of esters is 1. The lowest BCUT2D eigenvalue weighted by molar-refractivity contribution is -0.145. The van der Waals surface area contributed by atoms with Gasteiger partial charge in [-0.2, -0.15) is 0 Å². The molecule has 2 aromatic rings. The maximum absolute atomic E-state index is 11.5. The third-order valence-corrected chi connectivity index (χ3v) is 3.70. The maximum Gasteiger partial charge on any atom is 0.344 e. The average molecular weight is 379 g/mol. The van der Waals surface area contributed by atoms with Crippen molar-refractivity contribution in [1.29, 1.82) is 0 Å². The van der Waals surface area contributed by atoms with Gasteiger partial charge >= 0.3 is 5.97 Å². The fraction of sp³-hybridized carbons (Fsp3) is 0.316. The van der Waals surface area contributed by atoms with Crippen molar-refractivity contribution in [3.63, 3.8) is 0 Å². The molecule has 0 aliphatic heterocycles. The van der Waals surface area contributed by atoms with E-state index in [2.05, 4.69) is 10.9 Å². The molecule has 6 nitrogen and oxygen atoms in total. The Morgan fingerprint density at radius 3 is 2.46 bits per heavy atom. The molecule has 2 rings (SSSR count). The molecule has 0 heterocycles. The van der Waals surface area contributed by atoms with E-state index in [-0.39, 0.29) is 6.61 Å². The summed E-state index contributed by atoms with van der Waals surface area (Å²) >= 11 is 6.34. The third-order valence-electron chi connectivity index (χ3n) is 3.35. The molecular formula is C19H23ClN2O4. The van der Waals surface area contributed by atoms with Crippen LogP contribution in [0.4, 0.5) is 5.69 Å². The van der Waals surface area contributed by atoms with Crippen LogP contribution in [0.2, 0.25) is 5.02 Å². The fourth-order valence-corrected chi connectivity index (χ4v) is 2.42. The molecule has 0 unspecified atom stereocenters. The molecule has 0 amide bonds. The average Bonchev–Trinajstić information content (AvgIpc) is 2.64. The van der Waals surface area contributed by atoms with Crippen LogP contribution in [0.15, 0.2) is 42.5 Å². The topological polar surface area (TPSA) is 68.8 Å². The van der Waals surface area contributed by atoms with Gasteiger partial charge in [0.1, 0.15) is 0 Å². The van der Waals surface area contributed by atoms with Gasteiger partial charge in [-0.15, -0.1) is 0 Å². The number of nitrogens with one attached hydrogen (secondary N) is 2. The minimum atomic E-state index is -0.441. The van der Waals surface area contributed by atoms with Gasteiger partial charge in [0.05, 0.1) is 13.2 Å². The highest BCUT2D eigenvalue weighted by Gasteiger charge is 2.13. The van der Waals surface area contributed by atoms with Crippen LogP contribution in [-0.4, -0.2) is 25.8 Å². The van der Waals surface area contributed by atoms with Gasteiger partial charge in [-0.1, -0.05) is 29.8 Å². The SMILES string of the molecule is CCOC(=O)COc1cc(Cl)c(CNNc2ccccc2)cc1OCC. The molecule has 0 spiro atoms.